The number of nitrogens with zero attached hydrogens (tertiary/aromatic N) is 6. The minimum absolute atomic E-state index is 0.253. The minimum atomic E-state index is -0.345. The maximum Gasteiger partial charge on any atom is 0.191 e. The molecular weight excluding hydrogens is 397 g/mol. The first kappa shape index (κ1) is 21.8. The first-order chi connectivity index (χ1) is 15.0. The van der Waals surface area contributed by atoms with Crippen LogP contribution in [0.1, 0.15) is 30.3 Å². The third-order valence-corrected chi connectivity index (χ3v) is 4.73. The molecule has 0 saturated carbocycles. The molecule has 0 fully saturated rings. The molecule has 0 atom stereocenters. The number of aliphatic imine (C=N–C) groups is 1. The van der Waals surface area contributed by atoms with Gasteiger partial charge in [-0.3, -0.25) is 4.68 Å². The first-order valence-corrected chi connectivity index (χ1v) is 10.1. The number of rotatable bonds is 8. The summed E-state index contributed by atoms with van der Waals surface area (Å²) in [6.07, 6.45) is 3.04. The first-order valence-electron chi connectivity index (χ1n) is 10.1. The number of anilines is 1. The molecule has 0 unspecified atom stereocenters. The van der Waals surface area contributed by atoms with Gasteiger partial charge in [-0.25, -0.2) is 14.1 Å². The van der Waals surface area contributed by atoms with E-state index >= 15 is 0 Å². The lowest BCUT2D eigenvalue weighted by atomic mass is 10.1. The van der Waals surface area contributed by atoms with Crippen LogP contribution in [0.15, 0.2) is 41.5 Å². The van der Waals surface area contributed by atoms with Crippen LogP contribution in [0, 0.1) is 17.1 Å². The smallest absolute Gasteiger partial charge is 0.191 e. The number of hydrogen-bond donors (Lipinski definition) is 3. The number of nitrogen functional groups attached to an aromatic ring is 1. The lowest BCUT2D eigenvalue weighted by Gasteiger charge is -2.11. The molecule has 1 aromatic carbocycles. The van der Waals surface area contributed by atoms with Crippen molar-refractivity contribution in [1.82, 2.24) is 30.2 Å². The highest BCUT2D eigenvalue weighted by molar-refractivity contribution is 5.79. The Kier molecular flexibility index (Phi) is 7.22. The third kappa shape index (κ3) is 5.39. The van der Waals surface area contributed by atoms with E-state index in [9.17, 15) is 9.65 Å². The fourth-order valence-corrected chi connectivity index (χ4v) is 3.08. The summed E-state index contributed by atoms with van der Waals surface area (Å²) in [6.45, 7) is 3.91. The highest BCUT2D eigenvalue weighted by Gasteiger charge is 2.16. The summed E-state index contributed by atoms with van der Waals surface area (Å²) < 4.78 is 16.5. The lowest BCUT2D eigenvalue weighted by Crippen LogP contribution is -2.38. The van der Waals surface area contributed by atoms with Gasteiger partial charge in [0.25, 0.3) is 0 Å². The Morgan fingerprint density at radius 3 is 2.68 bits per heavy atom. The largest absolute Gasteiger partial charge is 0.382 e. The Bertz CT molecular complexity index is 1070. The predicted octanol–water partition coefficient (Wildman–Crippen LogP) is 1.89. The van der Waals surface area contributed by atoms with E-state index in [1.54, 1.807) is 23.0 Å². The number of nitriles is 1. The molecule has 2 heterocycles. The summed E-state index contributed by atoms with van der Waals surface area (Å²) >= 11 is 0. The molecule has 10 heteroatoms. The SMILES string of the molecule is CCNC(=NCc1ccnn1C)NCCCc1nn(-c2ccc(F)cc2)c(N)c1C#N. The summed E-state index contributed by atoms with van der Waals surface area (Å²) in [5, 5.41) is 24.6. The molecule has 0 amide bonds. The van der Waals surface area contributed by atoms with Gasteiger partial charge in [0.05, 0.1) is 23.6 Å². The standard InChI is InChI=1S/C21H26FN9/c1-3-25-21(27-14-17-10-12-28-30(17)2)26-11-4-5-19-18(13-23)20(24)31(29-19)16-8-6-15(22)7-9-16/h6-10,12H,3-5,11,14,24H2,1-2H3,(H2,25,26,27). The van der Waals surface area contributed by atoms with Gasteiger partial charge >= 0.3 is 0 Å². The van der Waals surface area contributed by atoms with Crippen molar-refractivity contribution in [2.45, 2.75) is 26.3 Å². The van der Waals surface area contributed by atoms with Gasteiger partial charge < -0.3 is 16.4 Å². The minimum Gasteiger partial charge on any atom is -0.382 e. The van der Waals surface area contributed by atoms with Crippen LogP contribution in [-0.2, 0) is 20.0 Å². The van der Waals surface area contributed by atoms with E-state index in [0.29, 0.717) is 42.4 Å². The average molecular weight is 424 g/mol. The lowest BCUT2D eigenvalue weighted by molar-refractivity contribution is 0.627. The van der Waals surface area contributed by atoms with E-state index in [1.807, 2.05) is 20.0 Å². The molecule has 0 spiro atoms. The molecule has 0 aliphatic rings. The Balaban J connectivity index is 1.61. The number of benzene rings is 1. The Labute approximate surface area is 180 Å². The molecule has 31 heavy (non-hydrogen) atoms. The van der Waals surface area contributed by atoms with Crippen LogP contribution in [-0.4, -0.2) is 38.6 Å². The third-order valence-electron chi connectivity index (χ3n) is 4.73. The van der Waals surface area contributed by atoms with Gasteiger partial charge in [0, 0.05) is 26.3 Å². The Morgan fingerprint density at radius 2 is 2.03 bits per heavy atom. The quantitative estimate of drug-likeness (QED) is 0.289. The molecule has 9 nitrogen and oxygen atoms in total. The average Bonchev–Trinajstić information content (AvgIpc) is 3.32. The summed E-state index contributed by atoms with van der Waals surface area (Å²) in [4.78, 5) is 4.57. The van der Waals surface area contributed by atoms with E-state index in [-0.39, 0.29) is 11.6 Å². The van der Waals surface area contributed by atoms with Crippen LogP contribution in [0.3, 0.4) is 0 Å². The maximum atomic E-state index is 13.2. The Morgan fingerprint density at radius 1 is 1.26 bits per heavy atom. The van der Waals surface area contributed by atoms with Gasteiger partial charge in [0.2, 0.25) is 0 Å². The van der Waals surface area contributed by atoms with Crippen molar-refractivity contribution in [2.75, 3.05) is 18.8 Å². The highest BCUT2D eigenvalue weighted by atomic mass is 19.1. The van der Waals surface area contributed by atoms with Crippen LogP contribution in [0.4, 0.5) is 10.2 Å². The van der Waals surface area contributed by atoms with Gasteiger partial charge in [-0.15, -0.1) is 0 Å². The van der Waals surface area contributed by atoms with Gasteiger partial charge in [-0.1, -0.05) is 0 Å². The van der Waals surface area contributed by atoms with Gasteiger partial charge in [0.15, 0.2) is 5.96 Å². The van der Waals surface area contributed by atoms with E-state index in [0.717, 1.165) is 18.7 Å². The zero-order valence-electron chi connectivity index (χ0n) is 17.6. The second-order valence-electron chi connectivity index (χ2n) is 6.88. The van der Waals surface area contributed by atoms with Crippen LogP contribution in [0.25, 0.3) is 5.69 Å². The monoisotopic (exact) mass is 423 g/mol. The van der Waals surface area contributed by atoms with Crippen molar-refractivity contribution in [3.8, 4) is 11.8 Å². The topological polar surface area (TPSA) is 122 Å². The summed E-state index contributed by atoms with van der Waals surface area (Å²) in [6, 6.07) is 9.88. The van der Waals surface area contributed by atoms with E-state index in [2.05, 4.69) is 31.9 Å². The molecule has 0 bridgehead atoms. The predicted molar refractivity (Wildman–Crippen MR) is 117 cm³/mol. The fraction of sp³-hybridized carbons (Fsp3) is 0.333. The number of guanidine groups is 1. The van der Waals surface area contributed by atoms with Crippen LogP contribution in [0.2, 0.25) is 0 Å². The summed E-state index contributed by atoms with van der Waals surface area (Å²) in [5.41, 5.74) is 8.69. The van der Waals surface area contributed by atoms with Crippen LogP contribution in [0.5, 0.6) is 0 Å². The Hall–Kier alpha value is -3.87. The normalized spacial score (nSPS) is 11.4. The van der Waals surface area contributed by atoms with Gasteiger partial charge in [0.1, 0.15) is 23.3 Å². The molecule has 0 saturated heterocycles. The van der Waals surface area contributed by atoms with Crippen LogP contribution < -0.4 is 16.4 Å². The van der Waals surface area contributed by atoms with E-state index < -0.39 is 0 Å². The molecule has 162 valence electrons. The zero-order chi connectivity index (χ0) is 22.2. The van der Waals surface area contributed by atoms with Crippen molar-refractivity contribution in [3.05, 3.63) is 59.3 Å². The second-order valence-corrected chi connectivity index (χ2v) is 6.88. The fourth-order valence-electron chi connectivity index (χ4n) is 3.08. The van der Waals surface area contributed by atoms with Gasteiger partial charge in [-0.2, -0.15) is 15.5 Å². The van der Waals surface area contributed by atoms with Gasteiger partial charge in [-0.05, 0) is 50.1 Å². The summed E-state index contributed by atoms with van der Waals surface area (Å²) in [5.74, 6) is 0.617. The zero-order valence-corrected chi connectivity index (χ0v) is 17.6. The van der Waals surface area contributed by atoms with Crippen molar-refractivity contribution < 1.29 is 4.39 Å². The molecule has 3 aromatic rings. The number of nitrogens with two attached hydrogens (primary N) is 1. The molecule has 0 radical (unpaired) electrons. The van der Waals surface area contributed by atoms with E-state index in [1.165, 1.54) is 16.8 Å². The number of aromatic nitrogens is 4. The molecule has 4 N–H and O–H groups in total. The second kappa shape index (κ2) is 10.2. The van der Waals surface area contributed by atoms with Crippen LogP contribution >= 0.6 is 0 Å². The highest BCUT2D eigenvalue weighted by Crippen LogP contribution is 2.21. The van der Waals surface area contributed by atoms with Crippen molar-refractivity contribution in [2.24, 2.45) is 12.0 Å². The molecule has 0 aliphatic carbocycles. The molecule has 3 rings (SSSR count). The molecular formula is C21H26FN9. The number of aryl methyl sites for hydroxylation is 2. The molecule has 2 aromatic heterocycles. The number of halogens is 1. The van der Waals surface area contributed by atoms with E-state index in [4.69, 9.17) is 5.73 Å². The number of hydrogen-bond acceptors (Lipinski definition) is 5. The number of nitrogens with one attached hydrogen (secondary N) is 2. The van der Waals surface area contributed by atoms with Crippen molar-refractivity contribution in [3.63, 3.8) is 0 Å². The van der Waals surface area contributed by atoms with Crippen molar-refractivity contribution >= 4 is 11.8 Å². The maximum absolute atomic E-state index is 13.2. The van der Waals surface area contributed by atoms with Crippen molar-refractivity contribution in [1.29, 1.82) is 5.26 Å². The molecule has 0 aliphatic heterocycles. The summed E-state index contributed by atoms with van der Waals surface area (Å²) in [7, 11) is 1.88.